The number of phenols is 1. The van der Waals surface area contributed by atoms with Crippen molar-refractivity contribution in [2.75, 3.05) is 0 Å². The summed E-state index contributed by atoms with van der Waals surface area (Å²) in [4.78, 5) is 0. The average molecular weight is 230 g/mol. The second-order valence-corrected chi connectivity index (χ2v) is 6.65. The number of para-hydroxylation sites is 1. The third-order valence-corrected chi connectivity index (χ3v) is 6.07. The molecule has 92 valence electrons. The van der Waals surface area contributed by atoms with Gasteiger partial charge in [0, 0.05) is 11.0 Å². The molecule has 0 amide bonds. The highest BCUT2D eigenvalue weighted by Crippen LogP contribution is 2.67. The molecular weight excluding hydrogens is 208 g/mol. The second kappa shape index (κ2) is 3.28. The fraction of sp³-hybridized carbons (Fsp3) is 0.625. The molecule has 1 N–H and O–H groups in total. The lowest BCUT2D eigenvalue weighted by molar-refractivity contribution is 0.0926. The number of hydrogen-bond acceptors (Lipinski definition) is 1. The van der Waals surface area contributed by atoms with Crippen molar-refractivity contribution < 1.29 is 5.11 Å². The van der Waals surface area contributed by atoms with Crippen molar-refractivity contribution in [2.24, 2.45) is 17.3 Å². The minimum Gasteiger partial charge on any atom is -0.508 e. The van der Waals surface area contributed by atoms with Gasteiger partial charge in [0.15, 0.2) is 0 Å². The van der Waals surface area contributed by atoms with Gasteiger partial charge in [-0.2, -0.15) is 0 Å². The molecule has 3 atom stereocenters. The van der Waals surface area contributed by atoms with Crippen LogP contribution in [0, 0.1) is 17.3 Å². The van der Waals surface area contributed by atoms with Crippen LogP contribution in [-0.2, 0) is 5.41 Å². The van der Waals surface area contributed by atoms with Gasteiger partial charge in [0.2, 0.25) is 0 Å². The van der Waals surface area contributed by atoms with Gasteiger partial charge in [-0.15, -0.1) is 0 Å². The molecule has 2 aliphatic rings. The van der Waals surface area contributed by atoms with Gasteiger partial charge in [0.05, 0.1) is 0 Å². The van der Waals surface area contributed by atoms with E-state index in [1.807, 2.05) is 12.1 Å². The maximum Gasteiger partial charge on any atom is 0.119 e. The van der Waals surface area contributed by atoms with Gasteiger partial charge in [-0.3, -0.25) is 0 Å². The van der Waals surface area contributed by atoms with Gasteiger partial charge in [-0.05, 0) is 42.6 Å². The molecule has 1 heteroatoms. The zero-order valence-electron chi connectivity index (χ0n) is 11.0. The van der Waals surface area contributed by atoms with E-state index < -0.39 is 0 Å². The number of aromatic hydroxyl groups is 1. The minimum atomic E-state index is 0.140. The molecule has 2 fully saturated rings. The predicted octanol–water partition coefficient (Wildman–Crippen LogP) is 4.11. The summed E-state index contributed by atoms with van der Waals surface area (Å²) in [7, 11) is 0. The summed E-state index contributed by atoms with van der Waals surface area (Å²) in [5.74, 6) is 2.06. The second-order valence-electron chi connectivity index (χ2n) is 6.65. The fourth-order valence-electron chi connectivity index (χ4n) is 4.59. The van der Waals surface area contributed by atoms with Crippen molar-refractivity contribution in [3.8, 4) is 5.75 Å². The predicted molar refractivity (Wildman–Crippen MR) is 70.1 cm³/mol. The maximum absolute atomic E-state index is 10.2. The van der Waals surface area contributed by atoms with E-state index in [-0.39, 0.29) is 5.41 Å². The molecule has 1 nitrogen and oxygen atoms in total. The summed E-state index contributed by atoms with van der Waals surface area (Å²) in [5, 5.41) is 10.2. The molecule has 3 rings (SSSR count). The molecule has 0 aromatic heterocycles. The molecular formula is C16H22O. The van der Waals surface area contributed by atoms with Gasteiger partial charge in [0.1, 0.15) is 5.75 Å². The lowest BCUT2D eigenvalue weighted by atomic mass is 9.56. The molecule has 2 aliphatic carbocycles. The van der Waals surface area contributed by atoms with Crippen LogP contribution >= 0.6 is 0 Å². The third-order valence-electron chi connectivity index (χ3n) is 6.07. The summed E-state index contributed by atoms with van der Waals surface area (Å²) in [6.45, 7) is 7.15. The standard InChI is InChI=1S/C16H22O/c1-15(2)11-8-9-12(10-11)16(15,3)13-6-4-5-7-14(13)17/h4-7,11-12,17H,8-10H2,1-3H3/t11-,12+,16-/m0/s1. The van der Waals surface area contributed by atoms with Gasteiger partial charge in [-0.25, -0.2) is 0 Å². The Morgan fingerprint density at radius 2 is 1.71 bits per heavy atom. The van der Waals surface area contributed by atoms with Crippen molar-refractivity contribution in [3.05, 3.63) is 29.8 Å². The first-order chi connectivity index (χ1) is 7.98. The number of benzene rings is 1. The monoisotopic (exact) mass is 230 g/mol. The first kappa shape index (κ1) is 11.1. The van der Waals surface area contributed by atoms with Crippen LogP contribution in [0.1, 0.15) is 45.6 Å². The van der Waals surface area contributed by atoms with Crippen LogP contribution in [0.5, 0.6) is 5.75 Å². The van der Waals surface area contributed by atoms with Crippen molar-refractivity contribution in [1.82, 2.24) is 0 Å². The zero-order valence-corrected chi connectivity index (χ0v) is 11.0. The van der Waals surface area contributed by atoms with E-state index in [4.69, 9.17) is 0 Å². The lowest BCUT2D eigenvalue weighted by Gasteiger charge is -2.48. The summed E-state index contributed by atoms with van der Waals surface area (Å²) >= 11 is 0. The van der Waals surface area contributed by atoms with Crippen LogP contribution in [0.25, 0.3) is 0 Å². The Balaban J connectivity index is 2.16. The number of rotatable bonds is 1. The van der Waals surface area contributed by atoms with E-state index in [2.05, 4.69) is 32.9 Å². The highest BCUT2D eigenvalue weighted by atomic mass is 16.3. The molecule has 0 saturated heterocycles. The smallest absolute Gasteiger partial charge is 0.119 e. The van der Waals surface area contributed by atoms with E-state index in [1.54, 1.807) is 0 Å². The van der Waals surface area contributed by atoms with E-state index in [1.165, 1.54) is 19.3 Å². The summed E-state index contributed by atoms with van der Waals surface area (Å²) in [6.07, 6.45) is 4.05. The molecule has 1 aromatic carbocycles. The Morgan fingerprint density at radius 1 is 1.06 bits per heavy atom. The van der Waals surface area contributed by atoms with E-state index in [0.29, 0.717) is 11.2 Å². The highest BCUT2D eigenvalue weighted by Gasteiger charge is 2.61. The average Bonchev–Trinajstić information content (AvgIpc) is 2.83. The van der Waals surface area contributed by atoms with Crippen molar-refractivity contribution in [2.45, 2.75) is 45.4 Å². The highest BCUT2D eigenvalue weighted by molar-refractivity contribution is 5.42. The molecule has 0 radical (unpaired) electrons. The van der Waals surface area contributed by atoms with Crippen LogP contribution in [0.2, 0.25) is 0 Å². The van der Waals surface area contributed by atoms with Crippen LogP contribution in [0.3, 0.4) is 0 Å². The Bertz CT molecular complexity index is 449. The molecule has 1 aromatic rings. The Hall–Kier alpha value is -0.980. The molecule has 2 saturated carbocycles. The topological polar surface area (TPSA) is 20.2 Å². The van der Waals surface area contributed by atoms with Gasteiger partial charge >= 0.3 is 0 Å². The lowest BCUT2D eigenvalue weighted by Crippen LogP contribution is -2.44. The van der Waals surface area contributed by atoms with Crippen molar-refractivity contribution in [3.63, 3.8) is 0 Å². The molecule has 0 heterocycles. The molecule has 17 heavy (non-hydrogen) atoms. The molecule has 0 aliphatic heterocycles. The molecule has 2 bridgehead atoms. The van der Waals surface area contributed by atoms with Gasteiger partial charge in [-0.1, -0.05) is 39.0 Å². The van der Waals surface area contributed by atoms with Crippen LogP contribution in [-0.4, -0.2) is 5.11 Å². The summed E-state index contributed by atoms with van der Waals surface area (Å²) < 4.78 is 0. The van der Waals surface area contributed by atoms with E-state index in [0.717, 1.165) is 17.4 Å². The van der Waals surface area contributed by atoms with Crippen LogP contribution in [0.4, 0.5) is 0 Å². The number of hydrogen-bond donors (Lipinski definition) is 1. The van der Waals surface area contributed by atoms with Gasteiger partial charge in [0.25, 0.3) is 0 Å². The van der Waals surface area contributed by atoms with Crippen LogP contribution < -0.4 is 0 Å². The molecule has 0 unspecified atom stereocenters. The summed E-state index contributed by atoms with van der Waals surface area (Å²) in [6, 6.07) is 7.94. The number of phenolic OH excluding ortho intramolecular Hbond substituents is 1. The summed E-state index contributed by atoms with van der Waals surface area (Å²) in [5.41, 5.74) is 1.60. The van der Waals surface area contributed by atoms with Gasteiger partial charge < -0.3 is 5.11 Å². The minimum absolute atomic E-state index is 0.140. The SMILES string of the molecule is CC1(C)[C@H]2CC[C@H](C2)[C@@]1(C)c1ccccc1O. The van der Waals surface area contributed by atoms with Crippen molar-refractivity contribution >= 4 is 0 Å². The normalized spacial score (nSPS) is 38.5. The largest absolute Gasteiger partial charge is 0.508 e. The van der Waals surface area contributed by atoms with E-state index >= 15 is 0 Å². The van der Waals surface area contributed by atoms with Crippen molar-refractivity contribution in [1.29, 1.82) is 0 Å². The Kier molecular flexibility index (Phi) is 2.14. The van der Waals surface area contributed by atoms with E-state index in [9.17, 15) is 5.11 Å². The first-order valence-electron chi connectivity index (χ1n) is 6.76. The quantitative estimate of drug-likeness (QED) is 0.770. The fourth-order valence-corrected chi connectivity index (χ4v) is 4.59. The van der Waals surface area contributed by atoms with Crippen LogP contribution in [0.15, 0.2) is 24.3 Å². The first-order valence-corrected chi connectivity index (χ1v) is 6.76. The molecule has 0 spiro atoms. The Labute approximate surface area is 104 Å². The maximum atomic E-state index is 10.2. The number of fused-ring (bicyclic) bond motifs is 2. The third kappa shape index (κ3) is 1.20. The Morgan fingerprint density at radius 3 is 2.29 bits per heavy atom. The zero-order chi connectivity index (χ0) is 12.3.